The minimum atomic E-state index is 0.475. The van der Waals surface area contributed by atoms with Gasteiger partial charge in [0.05, 0.1) is 23.1 Å². The van der Waals surface area contributed by atoms with E-state index in [1.807, 2.05) is 36.5 Å². The van der Waals surface area contributed by atoms with Gasteiger partial charge in [-0.2, -0.15) is 5.10 Å². The van der Waals surface area contributed by atoms with Crippen LogP contribution in [0.1, 0.15) is 0 Å². The van der Waals surface area contributed by atoms with Gasteiger partial charge in [0, 0.05) is 11.8 Å². The zero-order chi connectivity index (χ0) is 13.2. The third-order valence-corrected chi connectivity index (χ3v) is 3.03. The minimum absolute atomic E-state index is 0.475. The van der Waals surface area contributed by atoms with E-state index in [4.69, 9.17) is 17.3 Å². The summed E-state index contributed by atoms with van der Waals surface area (Å²) in [5, 5.41) is 4.76. The number of anilines is 1. The maximum atomic E-state index is 6.12. The molecule has 0 aliphatic carbocycles. The van der Waals surface area contributed by atoms with Crippen molar-refractivity contribution in [2.75, 3.05) is 5.73 Å². The number of benzene rings is 1. The lowest BCUT2D eigenvalue weighted by molar-refractivity contribution is 0.848. The largest absolute Gasteiger partial charge is 0.397 e. The number of pyridine rings is 1. The molecule has 0 radical (unpaired) electrons. The highest BCUT2D eigenvalue weighted by molar-refractivity contribution is 6.32. The summed E-state index contributed by atoms with van der Waals surface area (Å²) in [4.78, 5) is 4.20. The number of aromatic nitrogens is 3. The third kappa shape index (κ3) is 2.30. The molecule has 0 amide bonds. The van der Waals surface area contributed by atoms with Crippen LogP contribution in [-0.4, -0.2) is 14.8 Å². The molecule has 3 rings (SSSR count). The van der Waals surface area contributed by atoms with Crippen molar-refractivity contribution in [3.63, 3.8) is 0 Å². The lowest BCUT2D eigenvalue weighted by Crippen LogP contribution is -1.99. The van der Waals surface area contributed by atoms with E-state index in [1.54, 1.807) is 23.1 Å². The maximum Gasteiger partial charge on any atom is 0.172 e. The number of nitrogens with two attached hydrogens (primary N) is 1. The second-order valence-corrected chi connectivity index (χ2v) is 4.52. The van der Waals surface area contributed by atoms with Crippen molar-refractivity contribution in [3.8, 4) is 16.9 Å². The van der Waals surface area contributed by atoms with Crippen molar-refractivity contribution < 1.29 is 0 Å². The third-order valence-electron chi connectivity index (χ3n) is 2.75. The van der Waals surface area contributed by atoms with E-state index in [0.717, 1.165) is 11.1 Å². The molecule has 0 spiro atoms. The molecule has 4 nitrogen and oxygen atoms in total. The van der Waals surface area contributed by atoms with Gasteiger partial charge in [-0.25, -0.2) is 9.67 Å². The Morgan fingerprint density at radius 2 is 1.84 bits per heavy atom. The molecule has 2 aromatic heterocycles. The molecule has 0 fully saturated rings. The average Bonchev–Trinajstić information content (AvgIpc) is 2.89. The van der Waals surface area contributed by atoms with Crippen LogP contribution in [0.5, 0.6) is 0 Å². The van der Waals surface area contributed by atoms with Crippen LogP contribution in [0.3, 0.4) is 0 Å². The SMILES string of the molecule is Nc1cnc(-n2cc(-c3ccccc3)cn2)c(Cl)c1. The molecule has 0 aliphatic heterocycles. The molecule has 5 heteroatoms. The van der Waals surface area contributed by atoms with Crippen molar-refractivity contribution >= 4 is 17.3 Å². The van der Waals surface area contributed by atoms with Gasteiger partial charge in [-0.3, -0.25) is 0 Å². The Morgan fingerprint density at radius 3 is 2.58 bits per heavy atom. The van der Waals surface area contributed by atoms with Crippen LogP contribution in [0.2, 0.25) is 5.02 Å². The summed E-state index contributed by atoms with van der Waals surface area (Å²) in [5.41, 5.74) is 8.26. The molecule has 0 bridgehead atoms. The Kier molecular flexibility index (Phi) is 2.93. The molecule has 2 N–H and O–H groups in total. The van der Waals surface area contributed by atoms with E-state index >= 15 is 0 Å². The average molecular weight is 271 g/mol. The molecular weight excluding hydrogens is 260 g/mol. The Labute approximate surface area is 115 Å². The first-order chi connectivity index (χ1) is 9.24. The molecule has 0 saturated carbocycles. The van der Waals surface area contributed by atoms with Crippen molar-refractivity contribution in [2.24, 2.45) is 0 Å². The number of hydrogen-bond acceptors (Lipinski definition) is 3. The van der Waals surface area contributed by atoms with E-state index in [0.29, 0.717) is 16.5 Å². The fraction of sp³-hybridized carbons (Fsp3) is 0. The zero-order valence-electron chi connectivity index (χ0n) is 9.99. The number of nitrogens with zero attached hydrogens (tertiary/aromatic N) is 3. The van der Waals surface area contributed by atoms with E-state index in [1.165, 1.54) is 0 Å². The molecule has 0 atom stereocenters. The first-order valence-corrected chi connectivity index (χ1v) is 6.13. The Morgan fingerprint density at radius 1 is 1.05 bits per heavy atom. The van der Waals surface area contributed by atoms with Crippen molar-refractivity contribution in [3.05, 3.63) is 60.0 Å². The van der Waals surface area contributed by atoms with E-state index in [-0.39, 0.29) is 0 Å². The highest BCUT2D eigenvalue weighted by Crippen LogP contribution is 2.23. The summed E-state index contributed by atoms with van der Waals surface area (Å²) in [7, 11) is 0. The summed E-state index contributed by atoms with van der Waals surface area (Å²) in [5.74, 6) is 0.568. The molecule has 3 aromatic rings. The molecule has 0 saturated heterocycles. The van der Waals surface area contributed by atoms with Gasteiger partial charge in [0.1, 0.15) is 0 Å². The number of nitrogen functional groups attached to an aromatic ring is 1. The Bertz CT molecular complexity index is 706. The van der Waals surface area contributed by atoms with Crippen LogP contribution in [0, 0.1) is 0 Å². The van der Waals surface area contributed by atoms with E-state index < -0.39 is 0 Å². The van der Waals surface area contributed by atoms with Gasteiger partial charge >= 0.3 is 0 Å². The molecule has 19 heavy (non-hydrogen) atoms. The lowest BCUT2D eigenvalue weighted by Gasteiger charge is -2.03. The molecule has 0 aliphatic rings. The van der Waals surface area contributed by atoms with Crippen molar-refractivity contribution in [1.82, 2.24) is 14.8 Å². The van der Waals surface area contributed by atoms with Gasteiger partial charge in [-0.05, 0) is 11.6 Å². The van der Waals surface area contributed by atoms with Crippen LogP contribution in [0.25, 0.3) is 16.9 Å². The molecule has 0 unspecified atom stereocenters. The Balaban J connectivity index is 2.02. The van der Waals surface area contributed by atoms with E-state index in [9.17, 15) is 0 Å². The van der Waals surface area contributed by atoms with E-state index in [2.05, 4.69) is 10.1 Å². The predicted molar refractivity (Wildman–Crippen MR) is 76.2 cm³/mol. The van der Waals surface area contributed by atoms with Gasteiger partial charge in [-0.1, -0.05) is 41.9 Å². The molecule has 2 heterocycles. The fourth-order valence-corrected chi connectivity index (χ4v) is 2.09. The summed E-state index contributed by atoms with van der Waals surface area (Å²) < 4.78 is 1.64. The van der Waals surface area contributed by atoms with Crippen molar-refractivity contribution in [2.45, 2.75) is 0 Å². The summed E-state index contributed by atoms with van der Waals surface area (Å²) in [6.45, 7) is 0. The standard InChI is InChI=1S/C14H11ClN4/c15-13-6-12(16)8-17-14(13)19-9-11(7-18-19)10-4-2-1-3-5-10/h1-9H,16H2. The van der Waals surface area contributed by atoms with Crippen LogP contribution < -0.4 is 5.73 Å². The molecule has 94 valence electrons. The van der Waals surface area contributed by atoms with Gasteiger partial charge in [0.25, 0.3) is 0 Å². The van der Waals surface area contributed by atoms with Crippen molar-refractivity contribution in [1.29, 1.82) is 0 Å². The smallest absolute Gasteiger partial charge is 0.172 e. The quantitative estimate of drug-likeness (QED) is 0.778. The molecular formula is C14H11ClN4. The fourth-order valence-electron chi connectivity index (χ4n) is 1.83. The Hall–Kier alpha value is -2.33. The van der Waals surface area contributed by atoms with Crippen LogP contribution in [-0.2, 0) is 0 Å². The van der Waals surface area contributed by atoms with Crippen LogP contribution >= 0.6 is 11.6 Å². The minimum Gasteiger partial charge on any atom is -0.397 e. The highest BCUT2D eigenvalue weighted by atomic mass is 35.5. The lowest BCUT2D eigenvalue weighted by atomic mass is 10.1. The van der Waals surface area contributed by atoms with Gasteiger partial charge in [0.15, 0.2) is 5.82 Å². The number of hydrogen-bond donors (Lipinski definition) is 1. The highest BCUT2D eigenvalue weighted by Gasteiger charge is 2.08. The summed E-state index contributed by atoms with van der Waals surface area (Å²) in [6.07, 6.45) is 5.23. The normalized spacial score (nSPS) is 10.6. The summed E-state index contributed by atoms with van der Waals surface area (Å²) >= 11 is 6.12. The second kappa shape index (κ2) is 4.74. The topological polar surface area (TPSA) is 56.7 Å². The van der Waals surface area contributed by atoms with Crippen LogP contribution in [0.4, 0.5) is 5.69 Å². The van der Waals surface area contributed by atoms with Gasteiger partial charge in [-0.15, -0.1) is 0 Å². The van der Waals surface area contributed by atoms with Gasteiger partial charge in [0.2, 0.25) is 0 Å². The van der Waals surface area contributed by atoms with Gasteiger partial charge < -0.3 is 5.73 Å². The zero-order valence-corrected chi connectivity index (χ0v) is 10.7. The number of rotatable bonds is 2. The molecule has 1 aromatic carbocycles. The number of halogens is 1. The maximum absolute atomic E-state index is 6.12. The second-order valence-electron chi connectivity index (χ2n) is 4.11. The van der Waals surface area contributed by atoms with Crippen LogP contribution in [0.15, 0.2) is 55.0 Å². The monoisotopic (exact) mass is 270 g/mol. The summed E-state index contributed by atoms with van der Waals surface area (Å²) in [6, 6.07) is 11.7. The first-order valence-electron chi connectivity index (χ1n) is 5.75. The first kappa shape index (κ1) is 11.7. The predicted octanol–water partition coefficient (Wildman–Crippen LogP) is 3.17.